The summed E-state index contributed by atoms with van der Waals surface area (Å²) in [4.78, 5) is 39.2. The molecule has 96 heavy (non-hydrogen) atoms. The van der Waals surface area contributed by atoms with Gasteiger partial charge in [-0.25, -0.2) is 41.5 Å². The number of aromatic nitrogens is 11. The van der Waals surface area contributed by atoms with Crippen molar-refractivity contribution in [1.29, 1.82) is 0 Å². The van der Waals surface area contributed by atoms with Gasteiger partial charge in [-0.3, -0.25) is 4.98 Å². The monoisotopic (exact) mass is 1510 g/mol. The fourth-order valence-corrected chi connectivity index (χ4v) is 12.3. The number of hydrogen-bond donors (Lipinski definition) is 3. The molecule has 5 atom stereocenters. The molecule has 3 N–H and O–H groups in total. The summed E-state index contributed by atoms with van der Waals surface area (Å²) in [6.07, 6.45) is 5.09. The van der Waals surface area contributed by atoms with E-state index in [0.29, 0.717) is 30.2 Å². The second kappa shape index (κ2) is 30.6. The summed E-state index contributed by atoms with van der Waals surface area (Å²) in [6, 6.07) is 35.6. The predicted octanol–water partition coefficient (Wildman–Crippen LogP) is 7.31. The molecule has 501 valence electrons. The van der Waals surface area contributed by atoms with Crippen LogP contribution >= 0.6 is 0 Å². The number of rotatable bonds is 19. The third-order valence-corrected chi connectivity index (χ3v) is 18.6. The molecule has 0 saturated carbocycles. The Bertz CT molecular complexity index is 4120. The van der Waals surface area contributed by atoms with Crippen LogP contribution in [0.2, 0.25) is 0 Å². The van der Waals surface area contributed by atoms with E-state index in [0.717, 1.165) is 115 Å². The van der Waals surface area contributed by atoms with Crippen LogP contribution in [0, 0.1) is 11.6 Å². The molecule has 3 fully saturated rings. The SMILES string of the molecule is CCC(C(C)O)n1ncn(-c2ccc(N3CCN(c4ccc(-c5ccc(C(F)(F)[C@](O)(Cn6cnnn6)c6ccc(F)cc6F)nc5)cc4)CC3)cc2)c1=O.CCC(C(C)O)n1ncn(-c2ccc(N3CCN(c4ccc(B5OC(C)(C)C(C)(C)O5)cc4)CC3)cc2)c1=O.[K].[W]. The van der Waals surface area contributed by atoms with Crippen molar-refractivity contribution in [3.05, 3.63) is 196 Å². The van der Waals surface area contributed by atoms with Crippen LogP contribution in [-0.4, -0.2) is 203 Å². The maximum Gasteiger partial charge on any atom is 0.494 e. The van der Waals surface area contributed by atoms with E-state index >= 15 is 8.78 Å². The third-order valence-electron chi connectivity index (χ3n) is 18.6. The Hall–Kier alpha value is -6.69. The minimum absolute atomic E-state index is 0. The third kappa shape index (κ3) is 15.3. The van der Waals surface area contributed by atoms with Crippen molar-refractivity contribution in [2.24, 2.45) is 0 Å². The Morgan fingerprint density at radius 2 is 0.990 bits per heavy atom. The van der Waals surface area contributed by atoms with Gasteiger partial charge in [0.05, 0.1) is 53.4 Å². The van der Waals surface area contributed by atoms with Gasteiger partial charge in [0, 0.05) is 171 Å². The zero-order chi connectivity index (χ0) is 66.9. The van der Waals surface area contributed by atoms with E-state index in [4.69, 9.17) is 9.31 Å². The van der Waals surface area contributed by atoms with Crippen molar-refractivity contribution in [3.8, 4) is 22.5 Å². The minimum atomic E-state index is -4.16. The van der Waals surface area contributed by atoms with E-state index in [1.54, 1.807) is 13.8 Å². The van der Waals surface area contributed by atoms with Crippen LogP contribution in [0.4, 0.5) is 40.3 Å². The Labute approximate surface area is 611 Å². The quantitative estimate of drug-likeness (QED) is 0.0533. The summed E-state index contributed by atoms with van der Waals surface area (Å²) in [7, 11) is -0.347. The van der Waals surface area contributed by atoms with Crippen molar-refractivity contribution in [3.63, 3.8) is 0 Å². The normalized spacial score (nSPS) is 17.3. The molecule has 1 radical (unpaired) electrons. The van der Waals surface area contributed by atoms with Gasteiger partial charge in [-0.15, -0.1) is 5.10 Å². The summed E-state index contributed by atoms with van der Waals surface area (Å²) in [5.74, 6) is -6.51. The topological polar surface area (TPSA) is 228 Å². The zero-order valence-corrected chi connectivity index (χ0v) is 61.3. The second-order valence-electron chi connectivity index (χ2n) is 25.1. The van der Waals surface area contributed by atoms with Gasteiger partial charge in [0.2, 0.25) is 0 Å². The molecule has 0 aliphatic carbocycles. The smallest absolute Gasteiger partial charge is 0.399 e. The summed E-state index contributed by atoms with van der Waals surface area (Å²) < 4.78 is 79.8. The summed E-state index contributed by atoms with van der Waals surface area (Å²) in [5, 5.41) is 50.3. The molecule has 0 amide bonds. The molecule has 0 bridgehead atoms. The number of nitrogens with zero attached hydrogens (tertiary/aromatic N) is 15. The molecule has 29 heteroatoms. The van der Waals surface area contributed by atoms with E-state index in [9.17, 15) is 33.7 Å². The number of aliphatic hydroxyl groups excluding tert-OH is 2. The van der Waals surface area contributed by atoms with Crippen LogP contribution in [0.25, 0.3) is 22.5 Å². The number of hydrogen-bond acceptors (Lipinski definition) is 17. The first kappa shape index (κ1) is 73.6. The average molecular weight is 1520 g/mol. The van der Waals surface area contributed by atoms with Crippen molar-refractivity contribution < 1.29 is 63.3 Å². The number of alkyl halides is 2. The van der Waals surface area contributed by atoms with Gasteiger partial charge in [-0.2, -0.15) is 19.0 Å². The zero-order valence-electron chi connectivity index (χ0n) is 55.2. The Morgan fingerprint density at radius 3 is 1.36 bits per heavy atom. The van der Waals surface area contributed by atoms with Crippen LogP contribution in [-0.2, 0) is 48.4 Å². The maximum absolute atomic E-state index is 16.2. The molecule has 4 unspecified atom stereocenters. The molecular formula is C67H78BF4KN15O7W. The van der Waals surface area contributed by atoms with Crippen LogP contribution in [0.15, 0.2) is 162 Å². The second-order valence-corrected chi connectivity index (χ2v) is 25.1. The van der Waals surface area contributed by atoms with Crippen LogP contribution < -0.4 is 36.4 Å². The molecule has 4 aromatic heterocycles. The molecule has 3 aliphatic heterocycles. The number of halogens is 4. The molecular weight excluding hydrogens is 1440 g/mol. The average Bonchev–Trinajstić information content (AvgIpc) is 0.788. The van der Waals surface area contributed by atoms with Gasteiger partial charge in [0.1, 0.15) is 36.3 Å². The first-order chi connectivity index (χ1) is 44.9. The number of tetrazole rings is 1. The minimum Gasteiger partial charge on any atom is -0.399 e. The van der Waals surface area contributed by atoms with E-state index in [1.165, 1.54) is 49.1 Å². The van der Waals surface area contributed by atoms with E-state index < -0.39 is 59.2 Å². The molecule has 3 saturated heterocycles. The van der Waals surface area contributed by atoms with Gasteiger partial charge in [-0.1, -0.05) is 44.2 Å². The fourth-order valence-electron chi connectivity index (χ4n) is 12.3. The van der Waals surface area contributed by atoms with Crippen molar-refractivity contribution >= 4 is 86.7 Å². The van der Waals surface area contributed by atoms with Crippen molar-refractivity contribution in [2.45, 2.75) is 122 Å². The van der Waals surface area contributed by atoms with E-state index in [-0.39, 0.29) is 108 Å². The maximum atomic E-state index is 16.2. The number of anilines is 4. The van der Waals surface area contributed by atoms with Gasteiger partial charge in [-0.05, 0) is 167 Å². The molecule has 7 heterocycles. The van der Waals surface area contributed by atoms with Crippen LogP contribution in [0.3, 0.4) is 0 Å². The molecule has 3 aliphatic rings. The van der Waals surface area contributed by atoms with Crippen molar-refractivity contribution in [1.82, 2.24) is 53.9 Å². The Morgan fingerprint density at radius 1 is 0.583 bits per heavy atom. The van der Waals surface area contributed by atoms with E-state index in [2.05, 4.69) is 114 Å². The molecule has 12 rings (SSSR count). The molecule has 0 spiro atoms. The molecule has 9 aromatic rings. The Kier molecular flexibility index (Phi) is 23.4. The number of benzene rings is 5. The molecule has 5 aromatic carbocycles. The number of aliphatic hydroxyl groups is 3. The van der Waals surface area contributed by atoms with E-state index in [1.807, 2.05) is 74.5 Å². The summed E-state index contributed by atoms with van der Waals surface area (Å²) in [6.45, 7) is 21.2. The summed E-state index contributed by atoms with van der Waals surface area (Å²) in [5.41, 5.74) is 1.94. The van der Waals surface area contributed by atoms with Gasteiger partial charge in [0.15, 0.2) is 5.60 Å². The Balaban J connectivity index is 0.000000233. The largest absolute Gasteiger partial charge is 0.494 e. The van der Waals surface area contributed by atoms with Gasteiger partial charge in [0.25, 0.3) is 0 Å². The fraction of sp³-hybridized carbons (Fsp3) is 0.403. The van der Waals surface area contributed by atoms with Crippen LogP contribution in [0.5, 0.6) is 0 Å². The first-order valence-electron chi connectivity index (χ1n) is 31.6. The van der Waals surface area contributed by atoms with Gasteiger partial charge < -0.3 is 44.2 Å². The summed E-state index contributed by atoms with van der Waals surface area (Å²) >= 11 is 0. The van der Waals surface area contributed by atoms with Gasteiger partial charge >= 0.3 is 24.4 Å². The molecule has 22 nitrogen and oxygen atoms in total. The van der Waals surface area contributed by atoms with Crippen LogP contribution in [0.1, 0.15) is 91.6 Å². The number of pyridine rings is 1. The van der Waals surface area contributed by atoms with Crippen molar-refractivity contribution in [2.75, 3.05) is 72.0 Å². The number of piperazine rings is 2. The first-order valence-corrected chi connectivity index (χ1v) is 31.6. The predicted molar refractivity (Wildman–Crippen MR) is 356 cm³/mol. The standard InChI is InChI=1S/C38H38F4N10O3.C29H40BN5O4.K.W/c1-3-34(25(2)53)52-36(54)51(24-45-52)31-12-10-30(11-13-31)49-18-16-48(17-19-49)29-8-4-26(5-9-29)27-6-15-35(43-21-27)38(41,42)37(55,22-50-23-44-46-47-50)32-14-7-28(39)20-33(32)40;1-7-26(21(2)36)35-27(37)34(20-31-35)25-14-12-24(13-15-25)33-18-16-32(17-19-33)23-10-8-22(9-11-23)30-38-28(3,4)29(5,6)39-30;;/h4-15,20-21,23-25,34,53,55H,3,16-19,22H2,1-2H3;8-15,20-21,26,36H,7,16-19H2,1-6H3;;/t25?,34?,37-;;;/m0.../s1.